The van der Waals surface area contributed by atoms with Gasteiger partial charge in [-0.05, 0) is 35.4 Å². The van der Waals surface area contributed by atoms with Gasteiger partial charge >= 0.3 is 5.97 Å². The first kappa shape index (κ1) is 27.0. The number of aromatic carboxylic acids is 1. The molecule has 1 aromatic heterocycles. The van der Waals surface area contributed by atoms with Gasteiger partial charge < -0.3 is 25.6 Å². The molecule has 0 spiro atoms. The van der Waals surface area contributed by atoms with E-state index in [1.807, 2.05) is 60.7 Å². The summed E-state index contributed by atoms with van der Waals surface area (Å²) in [4.78, 5) is 27.3. The minimum Gasteiger partial charge on any atom is -0.483 e. The lowest BCUT2D eigenvalue weighted by Gasteiger charge is -2.16. The Hall–Kier alpha value is -4.63. The molecule has 0 unspecified atom stereocenters. The van der Waals surface area contributed by atoms with Gasteiger partial charge in [0, 0.05) is 19.8 Å². The van der Waals surface area contributed by atoms with Gasteiger partial charge in [0.05, 0.1) is 0 Å². The summed E-state index contributed by atoms with van der Waals surface area (Å²) in [6.07, 6.45) is 0. The van der Waals surface area contributed by atoms with Gasteiger partial charge in [0.15, 0.2) is 22.9 Å². The quantitative estimate of drug-likeness (QED) is 0.317. The van der Waals surface area contributed by atoms with Crippen LogP contribution in [0.4, 0.5) is 4.39 Å². The summed E-state index contributed by atoms with van der Waals surface area (Å²) in [6.45, 7) is 0.120. The molecule has 1 amide bonds. The Morgan fingerprint density at radius 2 is 1.24 bits per heavy atom. The molecule has 192 valence electrons. The Kier molecular flexibility index (Phi) is 8.65. The molecule has 0 saturated carbocycles. The Bertz CT molecular complexity index is 1350. The van der Waals surface area contributed by atoms with E-state index < -0.39 is 17.7 Å². The van der Waals surface area contributed by atoms with Crippen LogP contribution in [0, 0.1) is 5.82 Å². The second-order valence-electron chi connectivity index (χ2n) is 8.22. The van der Waals surface area contributed by atoms with Gasteiger partial charge in [-0.1, -0.05) is 60.7 Å². The fourth-order valence-electron chi connectivity index (χ4n) is 3.70. The summed E-state index contributed by atoms with van der Waals surface area (Å²) in [5.74, 6) is -2.42. The van der Waals surface area contributed by atoms with Crippen molar-refractivity contribution >= 4 is 11.9 Å². The summed E-state index contributed by atoms with van der Waals surface area (Å²) in [5, 5.41) is 10.2. The molecule has 4 aromatic rings. The monoisotopic (exact) mass is 505 g/mol. The van der Waals surface area contributed by atoms with Crippen LogP contribution in [-0.4, -0.2) is 40.5 Å². The highest BCUT2D eigenvalue weighted by molar-refractivity contribution is 6.02. The predicted octanol–water partition coefficient (Wildman–Crippen LogP) is 5.34. The van der Waals surface area contributed by atoms with E-state index in [1.165, 1.54) is 33.7 Å². The lowest BCUT2D eigenvalue weighted by molar-refractivity contribution is 0.0682. The van der Waals surface area contributed by atoms with Gasteiger partial charge in [0.2, 0.25) is 0 Å². The van der Waals surface area contributed by atoms with E-state index in [0.29, 0.717) is 0 Å². The molecule has 1 heterocycles. The van der Waals surface area contributed by atoms with Crippen molar-refractivity contribution in [2.75, 3.05) is 14.1 Å². The van der Waals surface area contributed by atoms with Crippen molar-refractivity contribution in [3.63, 3.8) is 0 Å². The SMILES string of the molecule is CN(C)C(=O)c1c(OCc2ccccc2)c(OCc2ccccc2)c(C(=O)O)n1-c1ccc(F)cc1.N. The van der Waals surface area contributed by atoms with E-state index in [-0.39, 0.29) is 47.9 Å². The molecule has 3 aromatic carbocycles. The number of hydrogen-bond donors (Lipinski definition) is 2. The van der Waals surface area contributed by atoms with Gasteiger partial charge in [-0.15, -0.1) is 0 Å². The average Bonchev–Trinajstić information content (AvgIpc) is 3.21. The zero-order valence-electron chi connectivity index (χ0n) is 20.6. The number of amides is 1. The molecule has 4 N–H and O–H groups in total. The van der Waals surface area contributed by atoms with Crippen molar-refractivity contribution < 1.29 is 28.6 Å². The van der Waals surface area contributed by atoms with E-state index in [2.05, 4.69) is 0 Å². The van der Waals surface area contributed by atoms with Crippen molar-refractivity contribution in [1.29, 1.82) is 0 Å². The lowest BCUT2D eigenvalue weighted by Crippen LogP contribution is -2.25. The second-order valence-corrected chi connectivity index (χ2v) is 8.22. The van der Waals surface area contributed by atoms with Crippen molar-refractivity contribution in [3.8, 4) is 17.2 Å². The number of ether oxygens (including phenoxy) is 2. The number of carbonyl (C=O) groups is 2. The van der Waals surface area contributed by atoms with Crippen molar-refractivity contribution in [1.82, 2.24) is 15.6 Å². The maximum absolute atomic E-state index is 13.7. The summed E-state index contributed by atoms with van der Waals surface area (Å²) in [7, 11) is 3.10. The highest BCUT2D eigenvalue weighted by Crippen LogP contribution is 2.42. The number of hydrogen-bond acceptors (Lipinski definition) is 5. The highest BCUT2D eigenvalue weighted by Gasteiger charge is 2.35. The number of nitrogens with zero attached hydrogens (tertiary/aromatic N) is 2. The predicted molar refractivity (Wildman–Crippen MR) is 137 cm³/mol. The number of benzene rings is 3. The molecule has 0 aliphatic rings. The van der Waals surface area contributed by atoms with Crippen molar-refractivity contribution in [2.45, 2.75) is 13.2 Å². The zero-order valence-corrected chi connectivity index (χ0v) is 20.6. The minimum atomic E-state index is -1.33. The third-order valence-corrected chi connectivity index (χ3v) is 5.43. The molecule has 0 fully saturated rings. The summed E-state index contributed by atoms with van der Waals surface area (Å²) < 4.78 is 27.1. The third kappa shape index (κ3) is 5.96. The average molecular weight is 506 g/mol. The molecule has 8 nitrogen and oxygen atoms in total. The van der Waals surface area contributed by atoms with Gasteiger partial charge in [-0.25, -0.2) is 9.18 Å². The molecule has 4 rings (SSSR count). The van der Waals surface area contributed by atoms with Crippen LogP contribution in [0.1, 0.15) is 32.1 Å². The normalized spacial score (nSPS) is 10.4. The molecule has 0 radical (unpaired) electrons. The Morgan fingerprint density at radius 1 is 0.784 bits per heavy atom. The Labute approximate surface area is 214 Å². The van der Waals surface area contributed by atoms with Crippen LogP contribution >= 0.6 is 0 Å². The van der Waals surface area contributed by atoms with E-state index in [4.69, 9.17) is 9.47 Å². The fraction of sp³-hybridized carbons (Fsp3) is 0.143. The molecular formula is C28H28FN3O5. The molecule has 0 aliphatic carbocycles. The number of aromatic nitrogens is 1. The van der Waals surface area contributed by atoms with Gasteiger partial charge in [0.25, 0.3) is 5.91 Å². The van der Waals surface area contributed by atoms with Crippen LogP contribution in [0.2, 0.25) is 0 Å². The first-order valence-electron chi connectivity index (χ1n) is 11.2. The number of rotatable bonds is 9. The Balaban J connectivity index is 0.00000380. The molecule has 37 heavy (non-hydrogen) atoms. The molecule has 0 bridgehead atoms. The van der Waals surface area contributed by atoms with Crippen LogP contribution in [0.3, 0.4) is 0 Å². The first-order valence-corrected chi connectivity index (χ1v) is 11.2. The molecule has 0 saturated heterocycles. The smallest absolute Gasteiger partial charge is 0.356 e. The summed E-state index contributed by atoms with van der Waals surface area (Å²) >= 11 is 0. The number of halogens is 1. The summed E-state index contributed by atoms with van der Waals surface area (Å²) in [6, 6.07) is 23.7. The van der Waals surface area contributed by atoms with E-state index in [9.17, 15) is 19.1 Å². The molecule has 9 heteroatoms. The standard InChI is InChI=1S/C28H25FN2O5.H3N/c1-30(2)27(32)23-25(35-17-19-9-5-3-6-10-19)26(36-18-20-11-7-4-8-12-20)24(28(33)34)31(23)22-15-13-21(29)14-16-22;/h3-16H,17-18H2,1-2H3,(H,33,34);1H3. The van der Waals surface area contributed by atoms with Crippen LogP contribution in [0.5, 0.6) is 11.5 Å². The first-order chi connectivity index (χ1) is 17.4. The molecular weight excluding hydrogens is 477 g/mol. The maximum Gasteiger partial charge on any atom is 0.356 e. The number of carbonyl (C=O) groups excluding carboxylic acids is 1. The zero-order chi connectivity index (χ0) is 25.7. The number of carboxylic acids is 1. The van der Waals surface area contributed by atoms with Crippen molar-refractivity contribution in [3.05, 3.63) is 113 Å². The maximum atomic E-state index is 13.7. The Morgan fingerprint density at radius 3 is 1.68 bits per heavy atom. The van der Waals surface area contributed by atoms with Crippen LogP contribution in [0.25, 0.3) is 5.69 Å². The third-order valence-electron chi connectivity index (χ3n) is 5.43. The number of carboxylic acid groups (broad SMARTS) is 1. The van der Waals surface area contributed by atoms with Gasteiger partial charge in [-0.3, -0.25) is 9.36 Å². The minimum absolute atomic E-state index is 0. The van der Waals surface area contributed by atoms with Crippen LogP contribution < -0.4 is 15.6 Å². The lowest BCUT2D eigenvalue weighted by atomic mass is 10.2. The van der Waals surface area contributed by atoms with E-state index in [1.54, 1.807) is 14.1 Å². The van der Waals surface area contributed by atoms with E-state index in [0.717, 1.165) is 11.1 Å². The van der Waals surface area contributed by atoms with Gasteiger partial charge in [0.1, 0.15) is 19.0 Å². The largest absolute Gasteiger partial charge is 0.483 e. The summed E-state index contributed by atoms with van der Waals surface area (Å²) in [5.41, 5.74) is 1.56. The topological polar surface area (TPSA) is 116 Å². The fourth-order valence-corrected chi connectivity index (χ4v) is 3.70. The highest BCUT2D eigenvalue weighted by atomic mass is 19.1. The van der Waals surface area contributed by atoms with Crippen LogP contribution in [0.15, 0.2) is 84.9 Å². The van der Waals surface area contributed by atoms with Gasteiger partial charge in [-0.2, -0.15) is 0 Å². The van der Waals surface area contributed by atoms with Crippen molar-refractivity contribution in [2.24, 2.45) is 0 Å². The molecule has 0 aliphatic heterocycles. The van der Waals surface area contributed by atoms with Crippen LogP contribution in [-0.2, 0) is 13.2 Å². The second kappa shape index (κ2) is 11.9. The molecule has 0 atom stereocenters. The van der Waals surface area contributed by atoms with E-state index >= 15 is 0 Å².